The van der Waals surface area contributed by atoms with E-state index >= 15 is 0 Å². The number of amides is 2. The van der Waals surface area contributed by atoms with E-state index in [0.717, 1.165) is 5.71 Å². The molecule has 92 valence electrons. The Bertz CT molecular complexity index is 407. The van der Waals surface area contributed by atoms with Gasteiger partial charge in [0.25, 0.3) is 0 Å². The Morgan fingerprint density at radius 3 is 2.41 bits per heavy atom. The lowest BCUT2D eigenvalue weighted by molar-refractivity contribution is 0.249. The third-order valence-corrected chi connectivity index (χ3v) is 2.46. The second-order valence-electron chi connectivity index (χ2n) is 4.40. The lowest BCUT2D eigenvalue weighted by atomic mass is 10.0. The zero-order valence-electron chi connectivity index (χ0n) is 10.5. The van der Waals surface area contributed by atoms with Crippen molar-refractivity contribution in [3.05, 3.63) is 35.4 Å². The van der Waals surface area contributed by atoms with Crippen molar-refractivity contribution in [2.45, 2.75) is 33.1 Å². The minimum Gasteiger partial charge on any atom is -0.350 e. The van der Waals surface area contributed by atoms with E-state index in [9.17, 15) is 4.79 Å². The van der Waals surface area contributed by atoms with Gasteiger partial charge in [0.15, 0.2) is 0 Å². The van der Waals surface area contributed by atoms with Gasteiger partial charge in [0, 0.05) is 12.1 Å². The topological polar surface area (TPSA) is 67.5 Å². The number of nitrogens with two attached hydrogens (primary N) is 1. The molecule has 0 aliphatic rings. The number of rotatable bonds is 4. The number of primary amides is 1. The number of hydrogen-bond acceptors (Lipinski definition) is 2. The maximum absolute atomic E-state index is 10.5. The number of hydrogen-bond donors (Lipinski definition) is 2. The van der Waals surface area contributed by atoms with Crippen LogP contribution in [-0.2, 0) is 6.42 Å². The molecule has 4 nitrogen and oxygen atoms in total. The first-order valence-electron chi connectivity index (χ1n) is 5.66. The van der Waals surface area contributed by atoms with Crippen LogP contribution < -0.4 is 11.2 Å². The van der Waals surface area contributed by atoms with Gasteiger partial charge in [0.05, 0.1) is 0 Å². The van der Waals surface area contributed by atoms with E-state index in [1.54, 1.807) is 0 Å². The van der Waals surface area contributed by atoms with Crippen molar-refractivity contribution in [3.63, 3.8) is 0 Å². The van der Waals surface area contributed by atoms with Gasteiger partial charge in [-0.25, -0.2) is 10.2 Å². The van der Waals surface area contributed by atoms with Gasteiger partial charge in [-0.3, -0.25) is 0 Å². The summed E-state index contributed by atoms with van der Waals surface area (Å²) in [5.74, 6) is 0.537. The minimum atomic E-state index is -0.639. The van der Waals surface area contributed by atoms with E-state index in [1.165, 1.54) is 11.1 Å². The highest BCUT2D eigenvalue weighted by atomic mass is 16.2. The molecule has 0 atom stereocenters. The zero-order valence-corrected chi connectivity index (χ0v) is 10.5. The molecule has 0 spiro atoms. The van der Waals surface area contributed by atoms with Crippen LogP contribution in [0, 0.1) is 0 Å². The van der Waals surface area contributed by atoms with Crippen LogP contribution in [0.25, 0.3) is 0 Å². The van der Waals surface area contributed by atoms with Crippen molar-refractivity contribution >= 4 is 11.7 Å². The molecule has 1 aromatic carbocycles. The van der Waals surface area contributed by atoms with Crippen LogP contribution in [0.1, 0.15) is 37.8 Å². The summed E-state index contributed by atoms with van der Waals surface area (Å²) in [5.41, 5.74) is 10.5. The van der Waals surface area contributed by atoms with Crippen LogP contribution in [0.15, 0.2) is 29.4 Å². The molecule has 4 heteroatoms. The molecule has 0 aromatic heterocycles. The molecule has 0 aliphatic heterocycles. The highest BCUT2D eigenvalue weighted by molar-refractivity contribution is 5.85. The van der Waals surface area contributed by atoms with E-state index in [1.807, 2.05) is 6.92 Å². The second kappa shape index (κ2) is 6.03. The highest BCUT2D eigenvalue weighted by Crippen LogP contribution is 2.15. The summed E-state index contributed by atoms with van der Waals surface area (Å²) < 4.78 is 0. The van der Waals surface area contributed by atoms with E-state index in [2.05, 4.69) is 48.6 Å². The average Bonchev–Trinajstić information content (AvgIpc) is 2.27. The molecule has 1 rings (SSSR count). The van der Waals surface area contributed by atoms with Crippen molar-refractivity contribution < 1.29 is 4.79 Å². The summed E-state index contributed by atoms with van der Waals surface area (Å²) in [6, 6.07) is 7.76. The highest BCUT2D eigenvalue weighted by Gasteiger charge is 2.00. The molecule has 0 unspecified atom stereocenters. The quantitative estimate of drug-likeness (QED) is 0.608. The maximum atomic E-state index is 10.5. The Labute approximate surface area is 102 Å². The van der Waals surface area contributed by atoms with Gasteiger partial charge in [-0.1, -0.05) is 38.1 Å². The fourth-order valence-electron chi connectivity index (χ4n) is 1.51. The Kier molecular flexibility index (Phi) is 4.69. The predicted molar refractivity (Wildman–Crippen MR) is 70.1 cm³/mol. The van der Waals surface area contributed by atoms with Gasteiger partial charge in [-0.05, 0) is 24.0 Å². The summed E-state index contributed by atoms with van der Waals surface area (Å²) >= 11 is 0. The molecule has 0 saturated heterocycles. The Morgan fingerprint density at radius 1 is 1.35 bits per heavy atom. The van der Waals surface area contributed by atoms with Gasteiger partial charge >= 0.3 is 6.03 Å². The first-order chi connectivity index (χ1) is 7.99. The molecule has 0 saturated carbocycles. The van der Waals surface area contributed by atoms with Crippen molar-refractivity contribution in [2.24, 2.45) is 10.8 Å². The predicted octanol–water partition coefficient (Wildman–Crippen LogP) is 2.40. The van der Waals surface area contributed by atoms with Crippen LogP contribution in [0.5, 0.6) is 0 Å². The maximum Gasteiger partial charge on any atom is 0.332 e. The molecular formula is C13H19N3O. The molecular weight excluding hydrogens is 214 g/mol. The third-order valence-electron chi connectivity index (χ3n) is 2.46. The van der Waals surface area contributed by atoms with Gasteiger partial charge in [-0.15, -0.1) is 0 Å². The molecule has 17 heavy (non-hydrogen) atoms. The third kappa shape index (κ3) is 4.68. The number of nitrogens with one attached hydrogen (secondary N) is 1. The fraction of sp³-hybridized carbons (Fsp3) is 0.385. The number of urea groups is 1. The molecule has 2 amide bonds. The molecule has 0 heterocycles. The van der Waals surface area contributed by atoms with Gasteiger partial charge in [-0.2, -0.15) is 5.10 Å². The average molecular weight is 233 g/mol. The smallest absolute Gasteiger partial charge is 0.332 e. The minimum absolute atomic E-state index is 0.537. The van der Waals surface area contributed by atoms with Crippen molar-refractivity contribution in [1.82, 2.24) is 5.43 Å². The Balaban J connectivity index is 2.63. The molecule has 3 N–H and O–H groups in total. The van der Waals surface area contributed by atoms with Gasteiger partial charge < -0.3 is 5.73 Å². The number of hydrazone groups is 1. The summed E-state index contributed by atoms with van der Waals surface area (Å²) in [5, 5.41) is 3.87. The zero-order chi connectivity index (χ0) is 12.8. The largest absolute Gasteiger partial charge is 0.350 e. The van der Waals surface area contributed by atoms with Crippen LogP contribution in [0.3, 0.4) is 0 Å². The standard InChI is InChI=1S/C13H19N3O/c1-9(2)12-6-4-11(5-7-12)8-10(3)15-16-13(14)17/h4-7,9H,8H2,1-3H3,(H3,14,16,17). The number of carbonyl (C=O) groups is 1. The van der Waals surface area contributed by atoms with Crippen molar-refractivity contribution in [3.8, 4) is 0 Å². The van der Waals surface area contributed by atoms with Crippen LogP contribution >= 0.6 is 0 Å². The van der Waals surface area contributed by atoms with Crippen LogP contribution in [0.4, 0.5) is 4.79 Å². The van der Waals surface area contributed by atoms with E-state index in [0.29, 0.717) is 12.3 Å². The van der Waals surface area contributed by atoms with Crippen LogP contribution in [0.2, 0.25) is 0 Å². The monoisotopic (exact) mass is 233 g/mol. The number of nitrogens with zero attached hydrogens (tertiary/aromatic N) is 1. The number of benzene rings is 1. The number of carbonyl (C=O) groups excluding carboxylic acids is 1. The molecule has 0 radical (unpaired) electrons. The molecule has 1 aromatic rings. The first kappa shape index (κ1) is 13.2. The second-order valence-corrected chi connectivity index (χ2v) is 4.40. The summed E-state index contributed by atoms with van der Waals surface area (Å²) in [7, 11) is 0. The lowest BCUT2D eigenvalue weighted by Gasteiger charge is -2.06. The summed E-state index contributed by atoms with van der Waals surface area (Å²) in [4.78, 5) is 10.5. The van der Waals surface area contributed by atoms with Gasteiger partial charge in [0.2, 0.25) is 0 Å². The van der Waals surface area contributed by atoms with Crippen molar-refractivity contribution in [2.75, 3.05) is 0 Å². The van der Waals surface area contributed by atoms with Crippen molar-refractivity contribution in [1.29, 1.82) is 0 Å². The lowest BCUT2D eigenvalue weighted by Crippen LogP contribution is -2.25. The summed E-state index contributed by atoms with van der Waals surface area (Å²) in [6.07, 6.45) is 0.707. The molecule has 0 fully saturated rings. The Hall–Kier alpha value is -1.84. The summed E-state index contributed by atoms with van der Waals surface area (Å²) in [6.45, 7) is 6.18. The van der Waals surface area contributed by atoms with E-state index in [-0.39, 0.29) is 0 Å². The molecule has 0 aliphatic carbocycles. The van der Waals surface area contributed by atoms with E-state index < -0.39 is 6.03 Å². The fourth-order valence-corrected chi connectivity index (χ4v) is 1.51. The SMILES string of the molecule is CC(Cc1ccc(C(C)C)cc1)=NNC(N)=O. The molecule has 0 bridgehead atoms. The van der Waals surface area contributed by atoms with E-state index in [4.69, 9.17) is 5.73 Å². The first-order valence-corrected chi connectivity index (χ1v) is 5.66. The Morgan fingerprint density at radius 2 is 1.94 bits per heavy atom. The van der Waals surface area contributed by atoms with Gasteiger partial charge in [0.1, 0.15) is 0 Å². The van der Waals surface area contributed by atoms with Crippen LogP contribution in [-0.4, -0.2) is 11.7 Å². The normalized spacial score (nSPS) is 11.6.